The summed E-state index contributed by atoms with van der Waals surface area (Å²) in [6.07, 6.45) is -3.24. The third-order valence-corrected chi connectivity index (χ3v) is 5.47. The van der Waals surface area contributed by atoms with Gasteiger partial charge in [-0.15, -0.1) is 0 Å². The van der Waals surface area contributed by atoms with Gasteiger partial charge in [-0.05, 0) is 47.9 Å². The van der Waals surface area contributed by atoms with Crippen LogP contribution >= 0.6 is 0 Å². The number of carbonyl (C=O) groups is 2. The number of hydrogen-bond acceptors (Lipinski definition) is 6. The van der Waals surface area contributed by atoms with E-state index < -0.39 is 42.1 Å². The molecule has 198 valence electrons. The maximum atomic E-state index is 13.5. The van der Waals surface area contributed by atoms with Crippen molar-refractivity contribution in [3.63, 3.8) is 0 Å². The van der Waals surface area contributed by atoms with E-state index in [0.29, 0.717) is 16.8 Å². The van der Waals surface area contributed by atoms with E-state index in [1.165, 1.54) is 41.1 Å². The predicted molar refractivity (Wildman–Crippen MR) is 130 cm³/mol. The number of nitrogens with zero attached hydrogens (tertiary/aromatic N) is 2. The highest BCUT2D eigenvalue weighted by Crippen LogP contribution is 2.33. The lowest BCUT2D eigenvalue weighted by Crippen LogP contribution is -2.26. The van der Waals surface area contributed by atoms with Crippen molar-refractivity contribution in [3.8, 4) is 11.6 Å². The van der Waals surface area contributed by atoms with Crippen molar-refractivity contribution in [3.05, 3.63) is 77.0 Å². The van der Waals surface area contributed by atoms with E-state index in [0.717, 1.165) is 0 Å². The maximum absolute atomic E-state index is 13.5. The van der Waals surface area contributed by atoms with Crippen LogP contribution in [0.2, 0.25) is 0 Å². The number of rotatable bonds is 12. The third kappa shape index (κ3) is 7.58. The average Bonchev–Trinajstić information content (AvgIpc) is 3.22. The molecule has 0 radical (unpaired) electrons. The molecular weight excluding hydrogens is 488 g/mol. The second-order valence-corrected chi connectivity index (χ2v) is 8.87. The molecule has 0 aliphatic rings. The molecule has 2 atom stereocenters. The van der Waals surface area contributed by atoms with Gasteiger partial charge in [-0.25, -0.2) is 13.5 Å². The second kappa shape index (κ2) is 12.4. The molecule has 0 spiro atoms. The quantitative estimate of drug-likeness (QED) is 0.290. The zero-order valence-corrected chi connectivity index (χ0v) is 20.4. The Morgan fingerprint density at radius 2 is 1.59 bits per heavy atom. The molecular formula is C26H29F2N3O6. The van der Waals surface area contributed by atoms with E-state index in [-0.39, 0.29) is 37.1 Å². The Hall–Kier alpha value is -3.83. The SMILES string of the molecule is CC(C)c1c(C(=O)NCc2ccc(F)cc2)nn(-c2ccc(F)cc2)c1OC[C@@H](O)C[C@@H](O)CC(=O)O. The predicted octanol–water partition coefficient (Wildman–Crippen LogP) is 3.17. The molecule has 11 heteroatoms. The van der Waals surface area contributed by atoms with Crippen molar-refractivity contribution in [2.75, 3.05) is 6.61 Å². The molecule has 1 heterocycles. The van der Waals surface area contributed by atoms with E-state index in [9.17, 15) is 28.6 Å². The van der Waals surface area contributed by atoms with Crippen LogP contribution in [0.25, 0.3) is 5.69 Å². The highest BCUT2D eigenvalue weighted by molar-refractivity contribution is 5.94. The van der Waals surface area contributed by atoms with Crippen molar-refractivity contribution < 1.29 is 38.4 Å². The summed E-state index contributed by atoms with van der Waals surface area (Å²) < 4.78 is 33.9. The Bertz CT molecular complexity index is 1210. The molecule has 37 heavy (non-hydrogen) atoms. The van der Waals surface area contributed by atoms with Crippen LogP contribution in [0.15, 0.2) is 48.5 Å². The Morgan fingerprint density at radius 1 is 1.00 bits per heavy atom. The van der Waals surface area contributed by atoms with Crippen molar-refractivity contribution in [2.24, 2.45) is 0 Å². The van der Waals surface area contributed by atoms with Gasteiger partial charge in [0.05, 0.1) is 24.3 Å². The molecule has 1 aromatic heterocycles. The van der Waals surface area contributed by atoms with Crippen molar-refractivity contribution >= 4 is 11.9 Å². The van der Waals surface area contributed by atoms with Gasteiger partial charge in [0, 0.05) is 18.5 Å². The van der Waals surface area contributed by atoms with Crippen LogP contribution in [0.3, 0.4) is 0 Å². The largest absolute Gasteiger partial charge is 0.481 e. The van der Waals surface area contributed by atoms with Gasteiger partial charge < -0.3 is 25.4 Å². The van der Waals surface area contributed by atoms with E-state index in [1.54, 1.807) is 12.1 Å². The van der Waals surface area contributed by atoms with Crippen LogP contribution in [0.5, 0.6) is 5.88 Å². The number of benzene rings is 2. The van der Waals surface area contributed by atoms with Gasteiger partial charge in [0.25, 0.3) is 5.91 Å². The summed E-state index contributed by atoms with van der Waals surface area (Å²) >= 11 is 0. The fraction of sp³-hybridized carbons (Fsp3) is 0.346. The highest BCUT2D eigenvalue weighted by atomic mass is 19.1. The standard InChI is InChI=1S/C26H29F2N3O6/c1-15(2)23-24(25(36)29-13-16-3-5-17(27)6-4-16)30-31(19-9-7-18(28)8-10-19)26(23)37-14-21(33)11-20(32)12-22(34)35/h3-10,15,20-21,32-33H,11-14H2,1-2H3,(H,29,36)(H,34,35)/t20-,21+/m1/s1. The summed E-state index contributed by atoms with van der Waals surface area (Å²) in [4.78, 5) is 23.9. The van der Waals surface area contributed by atoms with Crippen LogP contribution < -0.4 is 10.1 Å². The number of aromatic nitrogens is 2. The molecule has 1 amide bonds. The van der Waals surface area contributed by atoms with Crippen LogP contribution in [0, 0.1) is 11.6 Å². The fourth-order valence-electron chi connectivity index (χ4n) is 3.71. The lowest BCUT2D eigenvalue weighted by Gasteiger charge is -2.17. The molecule has 3 aromatic rings. The number of carboxylic acid groups (broad SMARTS) is 1. The number of nitrogens with one attached hydrogen (secondary N) is 1. The van der Waals surface area contributed by atoms with E-state index in [1.807, 2.05) is 13.8 Å². The number of carboxylic acids is 1. The smallest absolute Gasteiger partial charge is 0.305 e. The van der Waals surface area contributed by atoms with Crippen molar-refractivity contribution in [2.45, 2.75) is 51.4 Å². The Morgan fingerprint density at radius 3 is 2.16 bits per heavy atom. The number of ether oxygens (including phenoxy) is 1. The first-order valence-electron chi connectivity index (χ1n) is 11.7. The molecule has 4 N–H and O–H groups in total. The van der Waals surface area contributed by atoms with Crippen LogP contribution in [0.1, 0.15) is 54.2 Å². The van der Waals surface area contributed by atoms with Gasteiger partial charge in [0.2, 0.25) is 5.88 Å². The molecule has 0 unspecified atom stereocenters. The van der Waals surface area contributed by atoms with Crippen LogP contribution in [-0.4, -0.2) is 55.8 Å². The zero-order chi connectivity index (χ0) is 27.1. The molecule has 0 aliphatic carbocycles. The first-order chi connectivity index (χ1) is 17.5. The van der Waals surface area contributed by atoms with Crippen molar-refractivity contribution in [1.29, 1.82) is 0 Å². The van der Waals surface area contributed by atoms with Crippen LogP contribution in [-0.2, 0) is 11.3 Å². The number of carbonyl (C=O) groups excluding carboxylic acids is 1. The van der Waals surface area contributed by atoms with Gasteiger partial charge in [-0.3, -0.25) is 9.59 Å². The summed E-state index contributed by atoms with van der Waals surface area (Å²) in [6, 6.07) is 11.0. The number of amides is 1. The van der Waals surface area contributed by atoms with E-state index in [2.05, 4.69) is 10.4 Å². The molecule has 0 saturated heterocycles. The molecule has 2 aromatic carbocycles. The Balaban J connectivity index is 1.90. The molecule has 0 aliphatic heterocycles. The van der Waals surface area contributed by atoms with E-state index >= 15 is 0 Å². The minimum Gasteiger partial charge on any atom is -0.481 e. The zero-order valence-electron chi connectivity index (χ0n) is 20.4. The second-order valence-electron chi connectivity index (χ2n) is 8.87. The van der Waals surface area contributed by atoms with E-state index in [4.69, 9.17) is 9.84 Å². The number of hydrogen-bond donors (Lipinski definition) is 4. The van der Waals surface area contributed by atoms with Gasteiger partial charge in [0.1, 0.15) is 18.2 Å². The summed E-state index contributed by atoms with van der Waals surface area (Å²) in [6.45, 7) is 3.45. The average molecular weight is 518 g/mol. The van der Waals surface area contributed by atoms with Gasteiger partial charge >= 0.3 is 5.97 Å². The summed E-state index contributed by atoms with van der Waals surface area (Å²) in [7, 11) is 0. The summed E-state index contributed by atoms with van der Waals surface area (Å²) in [5.41, 5.74) is 1.56. The van der Waals surface area contributed by atoms with Gasteiger partial charge in [-0.1, -0.05) is 26.0 Å². The van der Waals surface area contributed by atoms with Gasteiger partial charge in [-0.2, -0.15) is 5.10 Å². The van der Waals surface area contributed by atoms with Crippen LogP contribution in [0.4, 0.5) is 8.78 Å². The maximum Gasteiger partial charge on any atom is 0.305 e. The minimum absolute atomic E-state index is 0.0526. The fourth-order valence-corrected chi connectivity index (χ4v) is 3.71. The number of aliphatic hydroxyl groups excluding tert-OH is 2. The molecule has 9 nitrogen and oxygen atoms in total. The van der Waals surface area contributed by atoms with Gasteiger partial charge in [0.15, 0.2) is 5.69 Å². The highest BCUT2D eigenvalue weighted by Gasteiger charge is 2.28. The first kappa shape index (κ1) is 27.8. The number of halogens is 2. The minimum atomic E-state index is -1.27. The number of aliphatic carboxylic acids is 1. The molecule has 0 saturated carbocycles. The molecule has 0 bridgehead atoms. The summed E-state index contributed by atoms with van der Waals surface area (Å²) in [5, 5.41) is 36.1. The Labute approximate surface area is 212 Å². The molecule has 0 fully saturated rings. The first-order valence-corrected chi connectivity index (χ1v) is 11.7. The topological polar surface area (TPSA) is 134 Å². The number of aliphatic hydroxyl groups is 2. The Kier molecular flexibility index (Phi) is 9.31. The lowest BCUT2D eigenvalue weighted by molar-refractivity contribution is -0.139. The monoisotopic (exact) mass is 517 g/mol. The third-order valence-electron chi connectivity index (χ3n) is 5.47. The normalized spacial score (nSPS) is 12.8. The van der Waals surface area contributed by atoms with Crippen molar-refractivity contribution in [1.82, 2.24) is 15.1 Å². The summed E-state index contributed by atoms with van der Waals surface area (Å²) in [5.74, 6) is -2.70. The molecule has 3 rings (SSSR count). The lowest BCUT2D eigenvalue weighted by atomic mass is 10.0.